The minimum absolute atomic E-state index is 0.0862. The second-order valence-corrected chi connectivity index (χ2v) is 5.56. The predicted octanol–water partition coefficient (Wildman–Crippen LogP) is 1.14. The molecule has 0 bridgehead atoms. The number of rotatable bonds is 5. The molecule has 122 valence electrons. The van der Waals surface area contributed by atoms with Crippen LogP contribution in [0, 0.1) is 17.1 Å². The molecule has 5 nitrogen and oxygen atoms in total. The van der Waals surface area contributed by atoms with Gasteiger partial charge in [-0.2, -0.15) is 5.26 Å². The molecule has 1 fully saturated rings. The molecule has 1 saturated heterocycles. The summed E-state index contributed by atoms with van der Waals surface area (Å²) in [6.07, 6.45) is 1.92. The topological polar surface area (TPSA) is 59.4 Å². The number of carbonyl (C=O) groups is 1. The minimum Gasteiger partial charge on any atom is -0.389 e. The lowest BCUT2D eigenvalue weighted by atomic mass is 10.1. The van der Waals surface area contributed by atoms with Gasteiger partial charge in [0.05, 0.1) is 0 Å². The van der Waals surface area contributed by atoms with E-state index in [0.717, 1.165) is 13.1 Å². The van der Waals surface area contributed by atoms with Crippen molar-refractivity contribution in [2.24, 2.45) is 0 Å². The maximum Gasteiger partial charge on any atom is 0.266 e. The van der Waals surface area contributed by atoms with Crippen molar-refractivity contribution in [3.8, 4) is 6.07 Å². The van der Waals surface area contributed by atoms with Gasteiger partial charge in [0.1, 0.15) is 17.5 Å². The Balaban J connectivity index is 1.85. The molecule has 0 spiro atoms. The van der Waals surface area contributed by atoms with E-state index in [9.17, 15) is 9.18 Å². The van der Waals surface area contributed by atoms with Gasteiger partial charge in [0.25, 0.3) is 5.91 Å². The first-order valence-electron chi connectivity index (χ1n) is 7.66. The Morgan fingerprint density at radius 1 is 1.35 bits per heavy atom. The Morgan fingerprint density at radius 2 is 2.04 bits per heavy atom. The zero-order chi connectivity index (χ0) is 16.7. The number of amides is 1. The highest BCUT2D eigenvalue weighted by Crippen LogP contribution is 2.07. The van der Waals surface area contributed by atoms with E-state index >= 15 is 0 Å². The van der Waals surface area contributed by atoms with E-state index in [4.69, 9.17) is 5.26 Å². The third-order valence-corrected chi connectivity index (χ3v) is 3.88. The predicted molar refractivity (Wildman–Crippen MR) is 85.9 cm³/mol. The summed E-state index contributed by atoms with van der Waals surface area (Å²) < 4.78 is 13.5. The van der Waals surface area contributed by atoms with Crippen LogP contribution in [-0.4, -0.2) is 55.5 Å². The Hall–Kier alpha value is -2.39. The van der Waals surface area contributed by atoms with Crippen molar-refractivity contribution < 1.29 is 9.18 Å². The molecule has 1 aromatic carbocycles. The fourth-order valence-corrected chi connectivity index (χ4v) is 2.40. The summed E-state index contributed by atoms with van der Waals surface area (Å²) >= 11 is 0. The van der Waals surface area contributed by atoms with Crippen LogP contribution in [0.3, 0.4) is 0 Å². The monoisotopic (exact) mass is 316 g/mol. The van der Waals surface area contributed by atoms with Crippen LogP contribution in [0.1, 0.15) is 5.56 Å². The SMILES string of the molecule is CN1CCN(C(=O)/C(C#N)=C\NCCc2ccccc2F)CC1. The molecule has 1 heterocycles. The van der Waals surface area contributed by atoms with Gasteiger partial charge in [-0.15, -0.1) is 0 Å². The minimum atomic E-state index is -0.251. The van der Waals surface area contributed by atoms with Crippen molar-refractivity contribution in [3.63, 3.8) is 0 Å². The van der Waals surface area contributed by atoms with E-state index in [-0.39, 0.29) is 17.3 Å². The Bertz CT molecular complexity index is 615. The maximum absolute atomic E-state index is 13.5. The Morgan fingerprint density at radius 3 is 2.70 bits per heavy atom. The van der Waals surface area contributed by atoms with Crippen LogP contribution < -0.4 is 5.32 Å². The number of halogens is 1. The highest BCUT2D eigenvalue weighted by molar-refractivity contribution is 5.97. The number of carbonyl (C=O) groups excluding carboxylic acids is 1. The fraction of sp³-hybridized carbons (Fsp3) is 0.412. The normalized spacial score (nSPS) is 16.0. The number of piperazine rings is 1. The number of hydrogen-bond acceptors (Lipinski definition) is 4. The second-order valence-electron chi connectivity index (χ2n) is 5.56. The van der Waals surface area contributed by atoms with E-state index in [1.54, 1.807) is 23.1 Å². The summed E-state index contributed by atoms with van der Waals surface area (Å²) in [6.45, 7) is 3.34. The van der Waals surface area contributed by atoms with Crippen molar-refractivity contribution in [2.75, 3.05) is 39.8 Å². The van der Waals surface area contributed by atoms with E-state index < -0.39 is 0 Å². The molecule has 1 aliphatic rings. The maximum atomic E-state index is 13.5. The molecule has 23 heavy (non-hydrogen) atoms. The third kappa shape index (κ3) is 4.80. The zero-order valence-corrected chi connectivity index (χ0v) is 13.3. The van der Waals surface area contributed by atoms with Crippen molar-refractivity contribution in [2.45, 2.75) is 6.42 Å². The summed E-state index contributed by atoms with van der Waals surface area (Å²) in [5, 5.41) is 12.1. The molecular weight excluding hydrogens is 295 g/mol. The van der Waals surface area contributed by atoms with E-state index in [2.05, 4.69) is 10.2 Å². The summed E-state index contributed by atoms with van der Waals surface area (Å²) in [5.41, 5.74) is 0.695. The van der Waals surface area contributed by atoms with E-state index in [0.29, 0.717) is 31.6 Å². The summed E-state index contributed by atoms with van der Waals surface area (Å²) in [4.78, 5) is 16.1. The lowest BCUT2D eigenvalue weighted by molar-refractivity contribution is -0.128. The van der Waals surface area contributed by atoms with Gasteiger partial charge in [0, 0.05) is 38.9 Å². The third-order valence-electron chi connectivity index (χ3n) is 3.88. The molecular formula is C17H21FN4O. The van der Waals surface area contributed by atoms with Gasteiger partial charge in [-0.1, -0.05) is 18.2 Å². The standard InChI is InChI=1S/C17H21FN4O/c1-21-8-10-22(11-9-21)17(23)15(12-19)13-20-7-6-14-4-2-3-5-16(14)18/h2-5,13,20H,6-11H2,1H3/b15-13-. The number of benzene rings is 1. The molecule has 0 atom stereocenters. The molecule has 0 unspecified atom stereocenters. The largest absolute Gasteiger partial charge is 0.389 e. The molecule has 1 aliphatic heterocycles. The number of nitriles is 1. The highest BCUT2D eigenvalue weighted by atomic mass is 19.1. The van der Waals surface area contributed by atoms with Gasteiger partial charge in [0.2, 0.25) is 0 Å². The molecule has 1 N–H and O–H groups in total. The van der Waals surface area contributed by atoms with Crippen LogP contribution in [-0.2, 0) is 11.2 Å². The number of nitrogens with zero attached hydrogens (tertiary/aromatic N) is 3. The van der Waals surface area contributed by atoms with Crippen LogP contribution in [0.5, 0.6) is 0 Å². The van der Waals surface area contributed by atoms with Crippen LogP contribution in [0.15, 0.2) is 36.0 Å². The lowest BCUT2D eigenvalue weighted by Crippen LogP contribution is -2.47. The summed E-state index contributed by atoms with van der Waals surface area (Å²) in [5.74, 6) is -0.494. The van der Waals surface area contributed by atoms with Crippen molar-refractivity contribution in [3.05, 3.63) is 47.4 Å². The first-order valence-corrected chi connectivity index (χ1v) is 7.66. The molecule has 2 rings (SSSR count). The van der Waals surface area contributed by atoms with Crippen LogP contribution in [0.25, 0.3) is 0 Å². The van der Waals surface area contributed by atoms with Gasteiger partial charge in [0.15, 0.2) is 0 Å². The van der Waals surface area contributed by atoms with Crippen molar-refractivity contribution in [1.29, 1.82) is 5.26 Å². The van der Waals surface area contributed by atoms with Gasteiger partial charge in [-0.3, -0.25) is 4.79 Å². The van der Waals surface area contributed by atoms with Gasteiger partial charge < -0.3 is 15.1 Å². The van der Waals surface area contributed by atoms with Crippen LogP contribution >= 0.6 is 0 Å². The second kappa shape index (κ2) is 8.30. The van der Waals surface area contributed by atoms with Gasteiger partial charge in [-0.25, -0.2) is 4.39 Å². The smallest absolute Gasteiger partial charge is 0.266 e. The molecule has 0 saturated carbocycles. The Kier molecular flexibility index (Phi) is 6.12. The number of nitrogens with one attached hydrogen (secondary N) is 1. The zero-order valence-electron chi connectivity index (χ0n) is 13.3. The van der Waals surface area contributed by atoms with Crippen molar-refractivity contribution >= 4 is 5.91 Å². The van der Waals surface area contributed by atoms with Gasteiger partial charge in [-0.05, 0) is 25.1 Å². The molecule has 0 radical (unpaired) electrons. The van der Waals surface area contributed by atoms with Crippen LogP contribution in [0.4, 0.5) is 4.39 Å². The number of likely N-dealkylation sites (N-methyl/N-ethyl adjacent to an activating group) is 1. The lowest BCUT2D eigenvalue weighted by Gasteiger charge is -2.32. The van der Waals surface area contributed by atoms with Crippen molar-refractivity contribution in [1.82, 2.24) is 15.1 Å². The molecule has 6 heteroatoms. The molecule has 1 aromatic rings. The first-order chi connectivity index (χ1) is 11.1. The average molecular weight is 316 g/mol. The van der Waals surface area contributed by atoms with E-state index in [1.165, 1.54) is 12.3 Å². The summed E-state index contributed by atoms with van der Waals surface area (Å²) in [6, 6.07) is 8.51. The van der Waals surface area contributed by atoms with Gasteiger partial charge >= 0.3 is 0 Å². The quantitative estimate of drug-likeness (QED) is 0.503. The molecule has 1 amide bonds. The van der Waals surface area contributed by atoms with Crippen LogP contribution in [0.2, 0.25) is 0 Å². The summed E-state index contributed by atoms with van der Waals surface area (Å²) in [7, 11) is 2.01. The molecule has 0 aliphatic carbocycles. The Labute approximate surface area is 136 Å². The highest BCUT2D eigenvalue weighted by Gasteiger charge is 2.21. The average Bonchev–Trinajstić information content (AvgIpc) is 2.56. The van der Waals surface area contributed by atoms with E-state index in [1.807, 2.05) is 13.1 Å². The molecule has 0 aromatic heterocycles. The fourth-order valence-electron chi connectivity index (χ4n) is 2.40. The number of hydrogen-bond donors (Lipinski definition) is 1. The first kappa shape index (κ1) is 17.0.